The molecule has 0 aromatic heterocycles. The number of carbonyl (C=O) groups excluding carboxylic acids is 1. The second kappa shape index (κ2) is 6.58. The third-order valence-electron chi connectivity index (χ3n) is 5.03. The fourth-order valence-electron chi connectivity index (χ4n) is 4.16. The summed E-state index contributed by atoms with van der Waals surface area (Å²) in [6.45, 7) is 4.73. The number of esters is 1. The highest BCUT2D eigenvalue weighted by Crippen LogP contribution is 2.46. The average molecular weight is 252 g/mol. The SMILES string of the molecule is CCCC1C[C@@H]2CCC(C(=O)OCC)CC[C@H]2C1. The summed E-state index contributed by atoms with van der Waals surface area (Å²) < 4.78 is 5.18. The minimum absolute atomic E-state index is 0.0579. The molecule has 18 heavy (non-hydrogen) atoms. The molecule has 2 aliphatic carbocycles. The lowest BCUT2D eigenvalue weighted by Gasteiger charge is -2.14. The van der Waals surface area contributed by atoms with E-state index >= 15 is 0 Å². The fraction of sp³-hybridized carbons (Fsp3) is 0.938. The van der Waals surface area contributed by atoms with Crippen LogP contribution in [0.3, 0.4) is 0 Å². The van der Waals surface area contributed by atoms with Crippen molar-refractivity contribution in [3.05, 3.63) is 0 Å². The minimum Gasteiger partial charge on any atom is -0.466 e. The maximum atomic E-state index is 11.8. The summed E-state index contributed by atoms with van der Waals surface area (Å²) in [5.41, 5.74) is 0. The second-order valence-electron chi connectivity index (χ2n) is 6.25. The molecule has 2 rings (SSSR count). The smallest absolute Gasteiger partial charge is 0.308 e. The van der Waals surface area contributed by atoms with Gasteiger partial charge in [-0.25, -0.2) is 0 Å². The summed E-state index contributed by atoms with van der Waals surface area (Å²) in [4.78, 5) is 11.8. The van der Waals surface area contributed by atoms with Crippen molar-refractivity contribution in [3.63, 3.8) is 0 Å². The van der Waals surface area contributed by atoms with Gasteiger partial charge in [-0.2, -0.15) is 0 Å². The highest BCUT2D eigenvalue weighted by Gasteiger charge is 2.37. The number of carbonyl (C=O) groups is 1. The van der Waals surface area contributed by atoms with Crippen LogP contribution in [0.15, 0.2) is 0 Å². The van der Waals surface area contributed by atoms with Gasteiger partial charge < -0.3 is 4.74 Å². The first-order valence-electron chi connectivity index (χ1n) is 7.91. The van der Waals surface area contributed by atoms with Crippen molar-refractivity contribution in [1.82, 2.24) is 0 Å². The van der Waals surface area contributed by atoms with Crippen LogP contribution in [0.1, 0.15) is 65.2 Å². The monoisotopic (exact) mass is 252 g/mol. The van der Waals surface area contributed by atoms with Gasteiger partial charge in [-0.3, -0.25) is 4.79 Å². The molecule has 0 unspecified atom stereocenters. The maximum Gasteiger partial charge on any atom is 0.308 e. The lowest BCUT2D eigenvalue weighted by molar-refractivity contribution is -0.148. The molecule has 0 aromatic carbocycles. The van der Waals surface area contributed by atoms with E-state index in [9.17, 15) is 4.79 Å². The molecule has 2 saturated carbocycles. The molecule has 2 aliphatic rings. The van der Waals surface area contributed by atoms with Gasteiger partial charge in [0.1, 0.15) is 0 Å². The fourth-order valence-corrected chi connectivity index (χ4v) is 4.16. The molecule has 2 atom stereocenters. The molecular weight excluding hydrogens is 224 g/mol. The topological polar surface area (TPSA) is 26.3 Å². The molecule has 0 spiro atoms. The molecule has 2 fully saturated rings. The Hall–Kier alpha value is -0.530. The van der Waals surface area contributed by atoms with Crippen LogP contribution in [0, 0.1) is 23.7 Å². The number of hydrogen-bond acceptors (Lipinski definition) is 2. The summed E-state index contributed by atoms with van der Waals surface area (Å²) in [6, 6.07) is 0. The predicted octanol–water partition coefficient (Wildman–Crippen LogP) is 4.18. The van der Waals surface area contributed by atoms with E-state index in [2.05, 4.69) is 6.92 Å². The number of rotatable bonds is 4. The highest BCUT2D eigenvalue weighted by atomic mass is 16.5. The molecule has 2 nitrogen and oxygen atoms in total. The molecule has 2 heteroatoms. The van der Waals surface area contributed by atoms with Crippen molar-refractivity contribution < 1.29 is 9.53 Å². The summed E-state index contributed by atoms with van der Waals surface area (Å²) >= 11 is 0. The number of hydrogen-bond donors (Lipinski definition) is 0. The van der Waals surface area contributed by atoms with Gasteiger partial charge in [0.2, 0.25) is 0 Å². The standard InChI is InChI=1S/C16H28O2/c1-3-5-12-10-14-8-6-13(16(17)18-4-2)7-9-15(14)11-12/h12-15H,3-11H2,1-2H3/t12?,13?,14-,15-/m0/s1. The van der Waals surface area contributed by atoms with Gasteiger partial charge in [0, 0.05) is 0 Å². The zero-order valence-electron chi connectivity index (χ0n) is 12.0. The molecule has 0 radical (unpaired) electrons. The molecule has 0 heterocycles. The molecule has 0 N–H and O–H groups in total. The molecule has 0 amide bonds. The first-order valence-corrected chi connectivity index (χ1v) is 7.91. The van der Waals surface area contributed by atoms with Crippen molar-refractivity contribution in [2.75, 3.05) is 6.61 Å². The summed E-state index contributed by atoms with van der Waals surface area (Å²) in [5, 5.41) is 0. The van der Waals surface area contributed by atoms with Gasteiger partial charge in [0.05, 0.1) is 12.5 Å². The van der Waals surface area contributed by atoms with Crippen molar-refractivity contribution >= 4 is 5.97 Å². The zero-order chi connectivity index (χ0) is 13.0. The third kappa shape index (κ3) is 3.27. The Labute approximate surface area is 111 Å². The summed E-state index contributed by atoms with van der Waals surface area (Å²) in [6.07, 6.45) is 10.2. The number of fused-ring (bicyclic) bond motifs is 1. The predicted molar refractivity (Wildman–Crippen MR) is 73.2 cm³/mol. The lowest BCUT2D eigenvalue weighted by Crippen LogP contribution is -2.17. The Balaban J connectivity index is 1.84. The Morgan fingerprint density at radius 3 is 2.17 bits per heavy atom. The normalized spacial score (nSPS) is 29.9. The van der Waals surface area contributed by atoms with Gasteiger partial charge in [-0.05, 0) is 63.2 Å². The molecule has 104 valence electrons. The van der Waals surface area contributed by atoms with Crippen molar-refractivity contribution in [2.45, 2.75) is 65.2 Å². The Kier molecular flexibility index (Phi) is 5.08. The molecular formula is C16H28O2. The van der Waals surface area contributed by atoms with Gasteiger partial charge in [0.15, 0.2) is 0 Å². The van der Waals surface area contributed by atoms with Gasteiger partial charge >= 0.3 is 5.97 Å². The van der Waals surface area contributed by atoms with Gasteiger partial charge in [-0.1, -0.05) is 19.8 Å². The maximum absolute atomic E-state index is 11.8. The zero-order valence-corrected chi connectivity index (χ0v) is 12.0. The first kappa shape index (κ1) is 13.9. The minimum atomic E-state index is 0.0579. The molecule has 0 bridgehead atoms. The van der Waals surface area contributed by atoms with Crippen molar-refractivity contribution in [1.29, 1.82) is 0 Å². The van der Waals surface area contributed by atoms with Crippen LogP contribution in [0.5, 0.6) is 0 Å². The summed E-state index contributed by atoms with van der Waals surface area (Å²) in [7, 11) is 0. The summed E-state index contributed by atoms with van der Waals surface area (Å²) in [5.74, 6) is 3.04. The molecule has 0 aromatic rings. The van der Waals surface area contributed by atoms with Gasteiger partial charge in [0.25, 0.3) is 0 Å². The van der Waals surface area contributed by atoms with E-state index in [1.165, 1.54) is 38.5 Å². The molecule has 0 saturated heterocycles. The van der Waals surface area contributed by atoms with Crippen LogP contribution in [0.2, 0.25) is 0 Å². The Morgan fingerprint density at radius 1 is 1.06 bits per heavy atom. The van der Waals surface area contributed by atoms with E-state index in [1.807, 2.05) is 6.92 Å². The van der Waals surface area contributed by atoms with E-state index < -0.39 is 0 Å². The van der Waals surface area contributed by atoms with E-state index in [0.717, 1.165) is 30.6 Å². The Morgan fingerprint density at radius 2 is 1.67 bits per heavy atom. The van der Waals surface area contributed by atoms with E-state index in [4.69, 9.17) is 4.74 Å². The van der Waals surface area contributed by atoms with Crippen LogP contribution >= 0.6 is 0 Å². The molecule has 0 aliphatic heterocycles. The average Bonchev–Trinajstić information content (AvgIpc) is 2.62. The highest BCUT2D eigenvalue weighted by molar-refractivity contribution is 5.72. The Bertz CT molecular complexity index is 258. The van der Waals surface area contributed by atoms with Crippen LogP contribution in [0.25, 0.3) is 0 Å². The van der Waals surface area contributed by atoms with E-state index in [1.54, 1.807) is 0 Å². The quantitative estimate of drug-likeness (QED) is 0.701. The lowest BCUT2D eigenvalue weighted by atomic mass is 9.92. The van der Waals surface area contributed by atoms with Crippen molar-refractivity contribution in [3.8, 4) is 0 Å². The van der Waals surface area contributed by atoms with Crippen LogP contribution in [-0.4, -0.2) is 12.6 Å². The van der Waals surface area contributed by atoms with Crippen LogP contribution in [0.4, 0.5) is 0 Å². The van der Waals surface area contributed by atoms with Gasteiger partial charge in [-0.15, -0.1) is 0 Å². The third-order valence-corrected chi connectivity index (χ3v) is 5.03. The van der Waals surface area contributed by atoms with E-state index in [-0.39, 0.29) is 11.9 Å². The largest absolute Gasteiger partial charge is 0.466 e. The first-order chi connectivity index (χ1) is 8.74. The van der Waals surface area contributed by atoms with E-state index in [0.29, 0.717) is 6.61 Å². The van der Waals surface area contributed by atoms with Crippen LogP contribution < -0.4 is 0 Å². The second-order valence-corrected chi connectivity index (χ2v) is 6.25. The van der Waals surface area contributed by atoms with Crippen molar-refractivity contribution in [2.24, 2.45) is 23.7 Å². The van der Waals surface area contributed by atoms with Crippen LogP contribution in [-0.2, 0) is 9.53 Å². The number of ether oxygens (including phenoxy) is 1.